The van der Waals surface area contributed by atoms with E-state index in [9.17, 15) is 14.9 Å². The fourth-order valence-electron chi connectivity index (χ4n) is 2.01. The molecule has 0 saturated carbocycles. The highest BCUT2D eigenvalue weighted by molar-refractivity contribution is 5.97. The maximum absolute atomic E-state index is 12.3. The minimum atomic E-state index is -0.338. The van der Waals surface area contributed by atoms with Gasteiger partial charge < -0.3 is 14.7 Å². The van der Waals surface area contributed by atoms with Crippen molar-refractivity contribution in [2.45, 2.75) is 0 Å². The second kappa shape index (κ2) is 8.59. The molecule has 1 aliphatic rings. The van der Waals surface area contributed by atoms with Gasteiger partial charge in [-0.3, -0.25) is 9.59 Å². The van der Waals surface area contributed by atoms with Gasteiger partial charge in [0, 0.05) is 45.5 Å². The number of hydrogen-bond donors (Lipinski definition) is 0. The molecule has 6 nitrogen and oxygen atoms in total. The van der Waals surface area contributed by atoms with Crippen molar-refractivity contribution < 1.29 is 9.59 Å². The average Bonchev–Trinajstić information content (AvgIpc) is 2.52. The molecule has 0 aliphatic carbocycles. The molecule has 1 heterocycles. The van der Waals surface area contributed by atoms with E-state index in [2.05, 4.69) is 13.2 Å². The van der Waals surface area contributed by atoms with E-state index in [0.29, 0.717) is 39.3 Å². The summed E-state index contributed by atoms with van der Waals surface area (Å²) in [7, 11) is 0. The molecule has 0 N–H and O–H groups in total. The second-order valence-corrected chi connectivity index (χ2v) is 4.62. The zero-order valence-electron chi connectivity index (χ0n) is 12.1. The van der Waals surface area contributed by atoms with Crippen molar-refractivity contribution >= 4 is 12.3 Å². The van der Waals surface area contributed by atoms with Crippen molar-refractivity contribution in [2.75, 3.05) is 39.3 Å². The van der Waals surface area contributed by atoms with Gasteiger partial charge in [0.15, 0.2) is 0 Å². The van der Waals surface area contributed by atoms with Crippen molar-refractivity contribution in [3.8, 4) is 6.07 Å². The third-order valence-electron chi connectivity index (χ3n) is 3.15. The summed E-state index contributed by atoms with van der Waals surface area (Å²) in [5.41, 5.74) is 0.0817. The first-order valence-electron chi connectivity index (χ1n) is 6.72. The number of nitrogens with zero attached hydrogens (tertiary/aromatic N) is 4. The van der Waals surface area contributed by atoms with Crippen LogP contribution >= 0.6 is 0 Å². The average molecular weight is 288 g/mol. The van der Waals surface area contributed by atoms with Crippen LogP contribution in [0.4, 0.5) is 0 Å². The zero-order valence-corrected chi connectivity index (χ0v) is 12.1. The van der Waals surface area contributed by atoms with E-state index < -0.39 is 0 Å². The molecule has 0 bridgehead atoms. The maximum Gasteiger partial charge on any atom is 0.266 e. The molecule has 0 aromatic rings. The van der Waals surface area contributed by atoms with Crippen LogP contribution in [0, 0.1) is 11.3 Å². The van der Waals surface area contributed by atoms with Crippen LogP contribution in [-0.2, 0) is 9.59 Å². The SMILES string of the molecule is C=CCN(CC=C)C(=O)/C(C#N)=C\N1CCN(C=O)CC1. The molecule has 1 aliphatic heterocycles. The summed E-state index contributed by atoms with van der Waals surface area (Å²) in [6.07, 6.45) is 5.61. The highest BCUT2D eigenvalue weighted by Gasteiger charge is 2.19. The molecule has 0 aromatic heterocycles. The zero-order chi connectivity index (χ0) is 15.7. The predicted molar refractivity (Wildman–Crippen MR) is 79.9 cm³/mol. The Kier molecular flexibility index (Phi) is 6.75. The van der Waals surface area contributed by atoms with Gasteiger partial charge in [-0.25, -0.2) is 0 Å². The Labute approximate surface area is 125 Å². The largest absolute Gasteiger partial charge is 0.373 e. The number of carbonyl (C=O) groups is 2. The number of hydrogen-bond acceptors (Lipinski definition) is 4. The Morgan fingerprint density at radius 2 is 1.67 bits per heavy atom. The fourth-order valence-corrected chi connectivity index (χ4v) is 2.01. The molecule has 112 valence electrons. The summed E-state index contributed by atoms with van der Waals surface area (Å²) in [4.78, 5) is 28.0. The van der Waals surface area contributed by atoms with Crippen LogP contribution in [-0.4, -0.2) is 66.3 Å². The lowest BCUT2D eigenvalue weighted by Crippen LogP contribution is -2.43. The van der Waals surface area contributed by atoms with Crippen molar-refractivity contribution in [3.63, 3.8) is 0 Å². The lowest BCUT2D eigenvalue weighted by atomic mass is 10.2. The van der Waals surface area contributed by atoms with Gasteiger partial charge in [0.2, 0.25) is 6.41 Å². The van der Waals surface area contributed by atoms with Crippen LogP contribution in [0.5, 0.6) is 0 Å². The minimum absolute atomic E-state index is 0.0817. The third kappa shape index (κ3) is 4.80. The van der Waals surface area contributed by atoms with Gasteiger partial charge in [-0.2, -0.15) is 5.26 Å². The van der Waals surface area contributed by atoms with E-state index in [1.165, 1.54) is 4.90 Å². The molecule has 0 unspecified atom stereocenters. The Balaban J connectivity index is 2.76. The summed E-state index contributed by atoms with van der Waals surface area (Å²) in [5.74, 6) is -0.338. The van der Waals surface area contributed by atoms with Crippen LogP contribution < -0.4 is 0 Å². The van der Waals surface area contributed by atoms with Crippen molar-refractivity contribution in [1.82, 2.24) is 14.7 Å². The van der Waals surface area contributed by atoms with Crippen LogP contribution in [0.1, 0.15) is 0 Å². The van der Waals surface area contributed by atoms with Crippen LogP contribution in [0.15, 0.2) is 37.1 Å². The van der Waals surface area contributed by atoms with Crippen molar-refractivity contribution in [2.24, 2.45) is 0 Å². The normalized spacial score (nSPS) is 15.1. The van der Waals surface area contributed by atoms with Gasteiger partial charge in [0.05, 0.1) is 0 Å². The number of carbonyl (C=O) groups excluding carboxylic acids is 2. The van der Waals surface area contributed by atoms with Gasteiger partial charge in [0.25, 0.3) is 5.91 Å². The first-order valence-corrected chi connectivity index (χ1v) is 6.72. The van der Waals surface area contributed by atoms with E-state index in [4.69, 9.17) is 0 Å². The van der Waals surface area contributed by atoms with E-state index in [1.54, 1.807) is 23.3 Å². The Hall–Kier alpha value is -2.55. The molecule has 6 heteroatoms. The highest BCUT2D eigenvalue weighted by Crippen LogP contribution is 2.07. The maximum atomic E-state index is 12.3. The molecular formula is C15H20N4O2. The molecular weight excluding hydrogens is 268 g/mol. The Morgan fingerprint density at radius 1 is 1.14 bits per heavy atom. The molecule has 1 fully saturated rings. The lowest BCUT2D eigenvalue weighted by Gasteiger charge is -2.32. The standard InChI is InChI=1S/C15H20N4O2/c1-3-5-19(6-4-2)15(21)14(11-16)12-17-7-9-18(13-20)10-8-17/h3-4,12-13H,1-2,5-10H2/b14-12-. The quantitative estimate of drug-likeness (QED) is 0.294. The lowest BCUT2D eigenvalue weighted by molar-refractivity contribution is -0.126. The summed E-state index contributed by atoms with van der Waals surface area (Å²) < 4.78 is 0. The molecule has 1 saturated heterocycles. The van der Waals surface area contributed by atoms with E-state index in [0.717, 1.165) is 6.41 Å². The fraction of sp³-hybridized carbons (Fsp3) is 0.400. The summed E-state index contributed by atoms with van der Waals surface area (Å²) in [5, 5.41) is 9.20. The van der Waals surface area contributed by atoms with Gasteiger partial charge in [-0.1, -0.05) is 12.2 Å². The summed E-state index contributed by atoms with van der Waals surface area (Å²) >= 11 is 0. The minimum Gasteiger partial charge on any atom is -0.373 e. The Bertz CT molecular complexity index is 461. The molecule has 0 spiro atoms. The van der Waals surface area contributed by atoms with Gasteiger partial charge in [-0.05, 0) is 0 Å². The van der Waals surface area contributed by atoms with Gasteiger partial charge in [0.1, 0.15) is 11.6 Å². The predicted octanol–water partition coefficient (Wildman–Crippen LogP) is 0.368. The number of amides is 2. The molecule has 0 radical (unpaired) electrons. The number of nitriles is 1. The van der Waals surface area contributed by atoms with E-state index in [1.807, 2.05) is 11.0 Å². The molecule has 2 amide bonds. The second-order valence-electron chi connectivity index (χ2n) is 4.62. The molecule has 21 heavy (non-hydrogen) atoms. The first kappa shape index (κ1) is 16.5. The van der Waals surface area contributed by atoms with Crippen LogP contribution in [0.3, 0.4) is 0 Å². The first-order chi connectivity index (χ1) is 10.2. The van der Waals surface area contributed by atoms with E-state index in [-0.39, 0.29) is 11.5 Å². The van der Waals surface area contributed by atoms with E-state index >= 15 is 0 Å². The molecule has 1 rings (SSSR count). The molecule has 0 aromatic carbocycles. The number of piperazine rings is 1. The number of rotatable bonds is 7. The third-order valence-corrected chi connectivity index (χ3v) is 3.15. The highest BCUT2D eigenvalue weighted by atomic mass is 16.2. The monoisotopic (exact) mass is 288 g/mol. The van der Waals surface area contributed by atoms with Crippen molar-refractivity contribution in [1.29, 1.82) is 5.26 Å². The topological polar surface area (TPSA) is 67.7 Å². The van der Waals surface area contributed by atoms with Gasteiger partial charge in [-0.15, -0.1) is 13.2 Å². The summed E-state index contributed by atoms with van der Waals surface area (Å²) in [6.45, 7) is 10.3. The smallest absolute Gasteiger partial charge is 0.266 e. The summed E-state index contributed by atoms with van der Waals surface area (Å²) in [6, 6.07) is 1.95. The molecule has 0 atom stereocenters. The van der Waals surface area contributed by atoms with Crippen LogP contribution in [0.2, 0.25) is 0 Å². The van der Waals surface area contributed by atoms with Crippen LogP contribution in [0.25, 0.3) is 0 Å². The van der Waals surface area contributed by atoms with Gasteiger partial charge >= 0.3 is 0 Å². The van der Waals surface area contributed by atoms with Crippen molar-refractivity contribution in [3.05, 3.63) is 37.1 Å². The Morgan fingerprint density at radius 3 is 2.10 bits per heavy atom.